The minimum Gasteiger partial charge on any atom is -0.389 e. The predicted molar refractivity (Wildman–Crippen MR) is 81.6 cm³/mol. The fraction of sp³-hybridized carbons (Fsp3) is 0.125. The maximum absolute atomic E-state index is 12.8. The van der Waals surface area contributed by atoms with Crippen LogP contribution < -0.4 is 0 Å². The first kappa shape index (κ1) is 13.9. The van der Waals surface area contributed by atoms with Crippen molar-refractivity contribution >= 4 is 20.9 Å². The van der Waals surface area contributed by atoms with E-state index >= 15 is 0 Å². The fourth-order valence-electron chi connectivity index (χ4n) is 2.41. The molecular formula is C16H15NO3S. The second-order valence-corrected chi connectivity index (χ2v) is 6.71. The summed E-state index contributed by atoms with van der Waals surface area (Å²) < 4.78 is 26.8. The second-order valence-electron chi connectivity index (χ2n) is 4.89. The molecule has 0 aliphatic carbocycles. The summed E-state index contributed by atoms with van der Waals surface area (Å²) in [4.78, 5) is 0.225. The van der Waals surface area contributed by atoms with Crippen LogP contribution in [0.25, 0.3) is 10.9 Å². The summed E-state index contributed by atoms with van der Waals surface area (Å²) in [5.74, 6) is 0. The average molecular weight is 301 g/mol. The van der Waals surface area contributed by atoms with E-state index in [1.54, 1.807) is 49.4 Å². The Kier molecular flexibility index (Phi) is 3.31. The van der Waals surface area contributed by atoms with Gasteiger partial charge in [-0.2, -0.15) is 0 Å². The lowest BCUT2D eigenvalue weighted by Crippen LogP contribution is -2.11. The van der Waals surface area contributed by atoms with Gasteiger partial charge in [0.2, 0.25) is 0 Å². The van der Waals surface area contributed by atoms with Crippen LogP contribution in [0.3, 0.4) is 0 Å². The number of benzene rings is 2. The van der Waals surface area contributed by atoms with Crippen LogP contribution in [-0.2, 0) is 10.0 Å². The minimum atomic E-state index is -3.67. The monoisotopic (exact) mass is 301 g/mol. The van der Waals surface area contributed by atoms with E-state index in [9.17, 15) is 13.5 Å². The Morgan fingerprint density at radius 3 is 2.29 bits per heavy atom. The number of aliphatic hydroxyl groups excluding tert-OH is 1. The van der Waals surface area contributed by atoms with E-state index in [0.717, 1.165) is 5.39 Å². The topological polar surface area (TPSA) is 59.3 Å². The Morgan fingerprint density at radius 2 is 1.62 bits per heavy atom. The molecule has 1 N–H and O–H groups in total. The lowest BCUT2D eigenvalue weighted by molar-refractivity contribution is 0.201. The van der Waals surface area contributed by atoms with E-state index in [2.05, 4.69) is 0 Å². The molecule has 0 fully saturated rings. The Balaban J connectivity index is 2.31. The highest BCUT2D eigenvalue weighted by Crippen LogP contribution is 2.29. The normalized spacial score (nSPS) is 13.4. The number of fused-ring (bicyclic) bond motifs is 1. The molecule has 0 saturated carbocycles. The van der Waals surface area contributed by atoms with Crippen LogP contribution >= 0.6 is 0 Å². The molecule has 0 spiro atoms. The molecule has 0 aliphatic rings. The van der Waals surface area contributed by atoms with Crippen molar-refractivity contribution in [2.75, 3.05) is 0 Å². The molecule has 0 bridgehead atoms. The summed E-state index contributed by atoms with van der Waals surface area (Å²) in [5.41, 5.74) is 1.17. The molecule has 0 saturated heterocycles. The minimum absolute atomic E-state index is 0.225. The molecule has 0 radical (unpaired) electrons. The molecule has 4 nitrogen and oxygen atoms in total. The highest BCUT2D eigenvalue weighted by molar-refractivity contribution is 7.90. The molecular weight excluding hydrogens is 286 g/mol. The van der Waals surface area contributed by atoms with Gasteiger partial charge in [-0.05, 0) is 25.1 Å². The van der Waals surface area contributed by atoms with Crippen LogP contribution in [0, 0.1) is 0 Å². The molecule has 5 heteroatoms. The molecule has 2 aromatic carbocycles. The molecule has 3 aromatic rings. The standard InChI is InChI=1S/C16H15NO3S/c1-12(18)15-11-17(16-10-6-5-9-14(15)16)21(19,20)13-7-3-2-4-8-13/h2-12,18H,1H3. The number of para-hydroxylation sites is 1. The van der Waals surface area contributed by atoms with E-state index in [-0.39, 0.29) is 4.90 Å². The van der Waals surface area contributed by atoms with Crippen molar-refractivity contribution in [2.24, 2.45) is 0 Å². The van der Waals surface area contributed by atoms with Gasteiger partial charge in [-0.3, -0.25) is 0 Å². The molecule has 0 amide bonds. The molecule has 3 rings (SSSR count). The zero-order chi connectivity index (χ0) is 15.0. The molecule has 1 atom stereocenters. The molecule has 0 aliphatic heterocycles. The first-order chi connectivity index (χ1) is 10.0. The van der Waals surface area contributed by atoms with Crippen LogP contribution in [-0.4, -0.2) is 17.5 Å². The number of nitrogens with zero attached hydrogens (tertiary/aromatic N) is 1. The zero-order valence-corrected chi connectivity index (χ0v) is 12.3. The second kappa shape index (κ2) is 5.02. The first-order valence-electron chi connectivity index (χ1n) is 6.60. The van der Waals surface area contributed by atoms with Crippen molar-refractivity contribution < 1.29 is 13.5 Å². The van der Waals surface area contributed by atoms with E-state index < -0.39 is 16.1 Å². The summed E-state index contributed by atoms with van der Waals surface area (Å²) in [6, 6.07) is 15.4. The third-order valence-electron chi connectivity index (χ3n) is 3.46. The van der Waals surface area contributed by atoms with Crippen LogP contribution in [0.4, 0.5) is 0 Å². The Labute approximate surface area is 123 Å². The molecule has 108 valence electrons. The van der Waals surface area contributed by atoms with Gasteiger partial charge in [-0.15, -0.1) is 0 Å². The van der Waals surface area contributed by atoms with Gasteiger partial charge in [0.05, 0.1) is 16.5 Å². The average Bonchev–Trinajstić information content (AvgIpc) is 2.88. The van der Waals surface area contributed by atoms with Gasteiger partial charge in [-0.25, -0.2) is 12.4 Å². The number of aromatic nitrogens is 1. The van der Waals surface area contributed by atoms with Crippen molar-refractivity contribution in [1.29, 1.82) is 0 Å². The van der Waals surface area contributed by atoms with Crippen LogP contribution in [0.5, 0.6) is 0 Å². The van der Waals surface area contributed by atoms with E-state index in [0.29, 0.717) is 11.1 Å². The highest BCUT2D eigenvalue weighted by Gasteiger charge is 2.21. The van der Waals surface area contributed by atoms with Crippen LogP contribution in [0.1, 0.15) is 18.6 Å². The quantitative estimate of drug-likeness (QED) is 0.809. The number of aliphatic hydroxyl groups is 1. The summed E-state index contributed by atoms with van der Waals surface area (Å²) in [6.45, 7) is 1.63. The maximum atomic E-state index is 12.8. The third-order valence-corrected chi connectivity index (χ3v) is 5.15. The van der Waals surface area contributed by atoms with Gasteiger partial charge in [0.25, 0.3) is 10.0 Å². The van der Waals surface area contributed by atoms with Crippen molar-refractivity contribution in [3.63, 3.8) is 0 Å². The van der Waals surface area contributed by atoms with Gasteiger partial charge in [-0.1, -0.05) is 36.4 Å². The molecule has 1 heterocycles. The number of rotatable bonds is 3. The zero-order valence-electron chi connectivity index (χ0n) is 11.5. The van der Waals surface area contributed by atoms with E-state index in [1.807, 2.05) is 12.1 Å². The first-order valence-corrected chi connectivity index (χ1v) is 8.04. The largest absolute Gasteiger partial charge is 0.389 e. The lowest BCUT2D eigenvalue weighted by Gasteiger charge is -2.07. The summed E-state index contributed by atoms with van der Waals surface area (Å²) in [7, 11) is -3.67. The van der Waals surface area contributed by atoms with Gasteiger partial charge < -0.3 is 5.11 Å². The smallest absolute Gasteiger partial charge is 0.268 e. The predicted octanol–water partition coefficient (Wildman–Crippen LogP) is 2.93. The van der Waals surface area contributed by atoms with Crippen molar-refractivity contribution in [2.45, 2.75) is 17.9 Å². The highest BCUT2D eigenvalue weighted by atomic mass is 32.2. The lowest BCUT2D eigenvalue weighted by atomic mass is 10.1. The molecule has 1 aromatic heterocycles. The van der Waals surface area contributed by atoms with Crippen molar-refractivity contribution in [3.8, 4) is 0 Å². The fourth-order valence-corrected chi connectivity index (χ4v) is 3.81. The Bertz CT molecular complexity index is 880. The summed E-state index contributed by atoms with van der Waals surface area (Å²) in [5, 5.41) is 10.6. The van der Waals surface area contributed by atoms with Crippen molar-refractivity contribution in [3.05, 3.63) is 66.4 Å². The Hall–Kier alpha value is -2.11. The third kappa shape index (κ3) is 2.24. The number of hydrogen-bond donors (Lipinski definition) is 1. The number of hydrogen-bond acceptors (Lipinski definition) is 3. The SMILES string of the molecule is CC(O)c1cn(S(=O)(=O)c2ccccc2)c2ccccc12. The van der Waals surface area contributed by atoms with Crippen LogP contribution in [0.2, 0.25) is 0 Å². The summed E-state index contributed by atoms with van der Waals surface area (Å²) in [6.07, 6.45) is 0.764. The summed E-state index contributed by atoms with van der Waals surface area (Å²) >= 11 is 0. The van der Waals surface area contributed by atoms with E-state index in [1.165, 1.54) is 10.2 Å². The van der Waals surface area contributed by atoms with Gasteiger partial charge in [0.1, 0.15) is 0 Å². The molecule has 1 unspecified atom stereocenters. The van der Waals surface area contributed by atoms with Gasteiger partial charge in [0, 0.05) is 17.1 Å². The maximum Gasteiger partial charge on any atom is 0.268 e. The molecule has 21 heavy (non-hydrogen) atoms. The van der Waals surface area contributed by atoms with Crippen molar-refractivity contribution in [1.82, 2.24) is 3.97 Å². The van der Waals surface area contributed by atoms with Gasteiger partial charge >= 0.3 is 0 Å². The van der Waals surface area contributed by atoms with Gasteiger partial charge in [0.15, 0.2) is 0 Å². The Morgan fingerprint density at radius 1 is 1.00 bits per heavy atom. The van der Waals surface area contributed by atoms with E-state index in [4.69, 9.17) is 0 Å². The van der Waals surface area contributed by atoms with Crippen LogP contribution in [0.15, 0.2) is 65.7 Å².